The summed E-state index contributed by atoms with van der Waals surface area (Å²) in [6.45, 7) is 4.64. The highest BCUT2D eigenvalue weighted by atomic mass is 32.1. The Kier molecular flexibility index (Phi) is 6.23. The lowest BCUT2D eigenvalue weighted by Gasteiger charge is -2.39. The molecule has 2 aromatic carbocycles. The molecule has 1 saturated heterocycles. The first-order valence-electron chi connectivity index (χ1n) is 9.99. The molecule has 0 radical (unpaired) electrons. The van der Waals surface area contributed by atoms with Gasteiger partial charge in [0.2, 0.25) is 5.13 Å². The van der Waals surface area contributed by atoms with Crippen LogP contribution in [0.4, 0.5) is 14.3 Å². The number of hydrogen-bond donors (Lipinski definition) is 1. The number of rotatable bonds is 5. The number of carbonyl (C=O) groups excluding carboxylic acids is 1. The molecule has 0 spiro atoms. The highest BCUT2D eigenvalue weighted by Gasteiger charge is 2.28. The summed E-state index contributed by atoms with van der Waals surface area (Å²) in [5.74, 6) is 0.489. The first-order chi connectivity index (χ1) is 14.6. The van der Waals surface area contributed by atoms with Gasteiger partial charge in [-0.1, -0.05) is 42.5 Å². The lowest BCUT2D eigenvalue weighted by Crippen LogP contribution is -2.56. The molecule has 30 heavy (non-hydrogen) atoms. The first-order valence-corrected chi connectivity index (χ1v) is 10.8. The number of piperazine rings is 1. The molecule has 6 nitrogen and oxygen atoms in total. The minimum absolute atomic E-state index is 0.0414. The van der Waals surface area contributed by atoms with Gasteiger partial charge in [0.1, 0.15) is 11.6 Å². The third-order valence-electron chi connectivity index (χ3n) is 5.18. The predicted molar refractivity (Wildman–Crippen MR) is 116 cm³/mol. The Bertz CT molecular complexity index is 979. The molecule has 1 aromatic heterocycles. The fraction of sp³-hybridized carbons (Fsp3) is 0.318. The fourth-order valence-corrected chi connectivity index (χ4v) is 4.26. The Morgan fingerprint density at radius 2 is 1.90 bits per heavy atom. The van der Waals surface area contributed by atoms with Crippen molar-refractivity contribution in [1.82, 2.24) is 19.6 Å². The molecule has 1 aliphatic heterocycles. The second-order valence-electron chi connectivity index (χ2n) is 7.43. The third kappa shape index (κ3) is 4.94. The van der Waals surface area contributed by atoms with Gasteiger partial charge in [-0.15, -0.1) is 0 Å². The molecular weight excluding hydrogens is 401 g/mol. The molecule has 3 aromatic rings. The number of benzene rings is 2. The van der Waals surface area contributed by atoms with Crippen LogP contribution in [-0.4, -0.2) is 46.0 Å². The molecule has 1 unspecified atom stereocenters. The van der Waals surface area contributed by atoms with Crippen LogP contribution in [0.25, 0.3) is 0 Å². The summed E-state index contributed by atoms with van der Waals surface area (Å²) in [5.41, 5.74) is 2.06. The Balaban J connectivity index is 1.31. The van der Waals surface area contributed by atoms with Crippen LogP contribution in [0.2, 0.25) is 0 Å². The second-order valence-corrected chi connectivity index (χ2v) is 8.16. The molecule has 4 rings (SSSR count). The topological polar surface area (TPSA) is 61.4 Å². The summed E-state index contributed by atoms with van der Waals surface area (Å²) in [7, 11) is 0. The van der Waals surface area contributed by atoms with Crippen molar-refractivity contribution < 1.29 is 9.18 Å². The van der Waals surface area contributed by atoms with Crippen LogP contribution in [0.5, 0.6) is 0 Å². The molecule has 0 bridgehead atoms. The zero-order valence-corrected chi connectivity index (χ0v) is 17.6. The van der Waals surface area contributed by atoms with E-state index < -0.39 is 0 Å². The van der Waals surface area contributed by atoms with Crippen LogP contribution in [0.15, 0.2) is 54.6 Å². The van der Waals surface area contributed by atoms with Gasteiger partial charge in [0.15, 0.2) is 0 Å². The zero-order valence-electron chi connectivity index (χ0n) is 16.8. The van der Waals surface area contributed by atoms with E-state index in [0.717, 1.165) is 22.1 Å². The molecule has 1 fully saturated rings. The Morgan fingerprint density at radius 1 is 1.13 bits per heavy atom. The van der Waals surface area contributed by atoms with Gasteiger partial charge in [-0.05, 0) is 30.2 Å². The molecule has 2 amide bonds. The van der Waals surface area contributed by atoms with E-state index >= 15 is 0 Å². The molecule has 0 aliphatic carbocycles. The number of carbonyl (C=O) groups is 1. The maximum Gasteiger partial charge on any atom is 0.318 e. The molecule has 8 heteroatoms. The van der Waals surface area contributed by atoms with E-state index in [1.165, 1.54) is 23.7 Å². The van der Waals surface area contributed by atoms with Crippen molar-refractivity contribution in [2.24, 2.45) is 0 Å². The van der Waals surface area contributed by atoms with Gasteiger partial charge in [-0.2, -0.15) is 4.37 Å². The van der Waals surface area contributed by atoms with Crippen LogP contribution in [0.1, 0.15) is 23.9 Å². The minimum Gasteiger partial charge on any atom is -0.343 e. The average Bonchev–Trinajstić information content (AvgIpc) is 3.23. The Hall–Kier alpha value is -3.00. The van der Waals surface area contributed by atoms with Crippen LogP contribution >= 0.6 is 11.5 Å². The number of halogens is 1. The van der Waals surface area contributed by atoms with E-state index in [9.17, 15) is 9.18 Å². The molecule has 1 N–H and O–H groups in total. The van der Waals surface area contributed by atoms with E-state index in [1.54, 1.807) is 12.1 Å². The molecular formula is C22H24FN5OS. The highest BCUT2D eigenvalue weighted by molar-refractivity contribution is 7.09. The van der Waals surface area contributed by atoms with Crippen LogP contribution < -0.4 is 10.2 Å². The molecule has 0 saturated carbocycles. The van der Waals surface area contributed by atoms with Gasteiger partial charge in [0.05, 0.1) is 0 Å². The van der Waals surface area contributed by atoms with Crippen LogP contribution in [0.3, 0.4) is 0 Å². The van der Waals surface area contributed by atoms with Gasteiger partial charge >= 0.3 is 6.03 Å². The summed E-state index contributed by atoms with van der Waals surface area (Å²) in [4.78, 5) is 21.3. The van der Waals surface area contributed by atoms with Crippen molar-refractivity contribution >= 4 is 22.7 Å². The predicted octanol–water partition coefficient (Wildman–Crippen LogP) is 3.69. The van der Waals surface area contributed by atoms with E-state index in [2.05, 4.69) is 26.5 Å². The lowest BCUT2D eigenvalue weighted by atomic mass is 10.1. The van der Waals surface area contributed by atoms with Crippen molar-refractivity contribution in [2.75, 3.05) is 24.5 Å². The largest absolute Gasteiger partial charge is 0.343 e. The standard InChI is InChI=1S/C22H24FN5OS/c1-16-15-27(11-12-28(16)21(29)24-14-18-5-3-2-4-6-18)22-25-20(26-30-22)13-17-7-9-19(23)10-8-17/h2-10,16H,11-15H2,1H3,(H,24,29). The van der Waals surface area contributed by atoms with E-state index in [1.807, 2.05) is 35.2 Å². The Labute approximate surface area is 179 Å². The smallest absolute Gasteiger partial charge is 0.318 e. The van der Waals surface area contributed by atoms with Crippen molar-refractivity contribution in [2.45, 2.75) is 25.9 Å². The van der Waals surface area contributed by atoms with Crippen LogP contribution in [-0.2, 0) is 13.0 Å². The minimum atomic E-state index is -0.245. The normalized spacial score (nSPS) is 16.5. The van der Waals surface area contributed by atoms with Gasteiger partial charge in [0.25, 0.3) is 0 Å². The molecule has 1 aliphatic rings. The molecule has 2 heterocycles. The zero-order chi connectivity index (χ0) is 20.9. The maximum atomic E-state index is 13.1. The van der Waals surface area contributed by atoms with Gasteiger partial charge in [0, 0.05) is 50.2 Å². The summed E-state index contributed by atoms with van der Waals surface area (Å²) in [6.07, 6.45) is 0.578. The summed E-state index contributed by atoms with van der Waals surface area (Å²) < 4.78 is 17.5. The van der Waals surface area contributed by atoms with Crippen molar-refractivity contribution in [3.05, 3.63) is 77.4 Å². The number of nitrogens with zero attached hydrogens (tertiary/aromatic N) is 4. The number of hydrogen-bond acceptors (Lipinski definition) is 5. The highest BCUT2D eigenvalue weighted by Crippen LogP contribution is 2.22. The monoisotopic (exact) mass is 425 g/mol. The van der Waals surface area contributed by atoms with Crippen molar-refractivity contribution in [1.29, 1.82) is 0 Å². The number of urea groups is 1. The number of aromatic nitrogens is 2. The number of anilines is 1. The van der Waals surface area contributed by atoms with Crippen molar-refractivity contribution in [3.63, 3.8) is 0 Å². The lowest BCUT2D eigenvalue weighted by molar-refractivity contribution is 0.171. The summed E-state index contributed by atoms with van der Waals surface area (Å²) in [5, 5.41) is 3.87. The summed E-state index contributed by atoms with van der Waals surface area (Å²) >= 11 is 1.37. The van der Waals surface area contributed by atoms with E-state index in [4.69, 9.17) is 0 Å². The number of nitrogens with one attached hydrogen (secondary N) is 1. The van der Waals surface area contributed by atoms with E-state index in [-0.39, 0.29) is 17.9 Å². The SMILES string of the molecule is CC1CN(c2nc(Cc3ccc(F)cc3)ns2)CCN1C(=O)NCc1ccccc1. The average molecular weight is 426 g/mol. The first kappa shape index (κ1) is 20.3. The molecule has 156 valence electrons. The third-order valence-corrected chi connectivity index (χ3v) is 5.99. The maximum absolute atomic E-state index is 13.1. The number of amides is 2. The van der Waals surface area contributed by atoms with Gasteiger partial charge in [-0.3, -0.25) is 0 Å². The summed E-state index contributed by atoms with van der Waals surface area (Å²) in [6, 6.07) is 16.3. The van der Waals surface area contributed by atoms with E-state index in [0.29, 0.717) is 32.6 Å². The van der Waals surface area contributed by atoms with Gasteiger partial charge < -0.3 is 15.1 Å². The second kappa shape index (κ2) is 9.21. The quantitative estimate of drug-likeness (QED) is 0.677. The molecule has 1 atom stereocenters. The Morgan fingerprint density at radius 3 is 2.63 bits per heavy atom. The fourth-order valence-electron chi connectivity index (χ4n) is 3.54. The van der Waals surface area contributed by atoms with Crippen molar-refractivity contribution in [3.8, 4) is 0 Å². The van der Waals surface area contributed by atoms with Gasteiger partial charge in [-0.25, -0.2) is 14.2 Å². The van der Waals surface area contributed by atoms with Crippen LogP contribution in [0, 0.1) is 5.82 Å².